The fraction of sp³-hybridized carbons (Fsp3) is 0.133. The van der Waals surface area contributed by atoms with E-state index in [0.717, 1.165) is 5.56 Å². The number of carbonyl (C=O) groups is 1. The standard InChI is InChI=1S/C15H16N2O3/c1-10-7-8-12(14(9-10)20-2)17(15(16)19)11-5-3-4-6-13(11)18/h3-9,18H,1-2H3,(H2,16,19). The maximum Gasteiger partial charge on any atom is 0.324 e. The summed E-state index contributed by atoms with van der Waals surface area (Å²) in [5.41, 5.74) is 7.23. The number of aromatic hydroxyl groups is 1. The van der Waals surface area contributed by atoms with E-state index >= 15 is 0 Å². The van der Waals surface area contributed by atoms with Crippen LogP contribution in [0.5, 0.6) is 11.5 Å². The summed E-state index contributed by atoms with van der Waals surface area (Å²) in [5.74, 6) is 0.473. The molecule has 5 heteroatoms. The predicted molar refractivity (Wildman–Crippen MR) is 77.6 cm³/mol. The number of para-hydroxylation sites is 2. The molecule has 0 unspecified atom stereocenters. The first kappa shape index (κ1) is 13.7. The molecule has 0 aromatic heterocycles. The second-order valence-electron chi connectivity index (χ2n) is 4.34. The molecule has 20 heavy (non-hydrogen) atoms. The lowest BCUT2D eigenvalue weighted by atomic mass is 10.1. The van der Waals surface area contributed by atoms with Crippen LogP contribution in [0.1, 0.15) is 5.56 Å². The largest absolute Gasteiger partial charge is 0.506 e. The Morgan fingerprint density at radius 1 is 1.20 bits per heavy atom. The number of hydrogen-bond acceptors (Lipinski definition) is 3. The molecule has 2 aromatic rings. The molecule has 0 spiro atoms. The van der Waals surface area contributed by atoms with Crippen molar-refractivity contribution in [2.75, 3.05) is 12.0 Å². The number of rotatable bonds is 3. The van der Waals surface area contributed by atoms with Crippen molar-refractivity contribution in [3.05, 3.63) is 48.0 Å². The van der Waals surface area contributed by atoms with Crippen molar-refractivity contribution in [3.63, 3.8) is 0 Å². The Balaban J connectivity index is 2.61. The number of benzene rings is 2. The van der Waals surface area contributed by atoms with Gasteiger partial charge in [-0.1, -0.05) is 18.2 Å². The molecule has 0 saturated heterocycles. The van der Waals surface area contributed by atoms with Crippen molar-refractivity contribution in [3.8, 4) is 11.5 Å². The number of carbonyl (C=O) groups excluding carboxylic acids is 1. The minimum atomic E-state index is -0.700. The molecule has 0 radical (unpaired) electrons. The zero-order chi connectivity index (χ0) is 14.7. The third-order valence-electron chi connectivity index (χ3n) is 2.92. The van der Waals surface area contributed by atoms with Crippen LogP contribution in [0.15, 0.2) is 42.5 Å². The highest BCUT2D eigenvalue weighted by molar-refractivity contribution is 6.01. The van der Waals surface area contributed by atoms with Crippen LogP contribution in [0, 0.1) is 6.92 Å². The van der Waals surface area contributed by atoms with E-state index in [2.05, 4.69) is 0 Å². The molecule has 2 amide bonds. The molecule has 0 saturated carbocycles. The first-order valence-electron chi connectivity index (χ1n) is 6.06. The fourth-order valence-electron chi connectivity index (χ4n) is 1.99. The van der Waals surface area contributed by atoms with Gasteiger partial charge in [-0.2, -0.15) is 0 Å². The number of primary amides is 1. The van der Waals surface area contributed by atoms with Gasteiger partial charge in [-0.25, -0.2) is 4.79 Å². The van der Waals surface area contributed by atoms with E-state index in [4.69, 9.17) is 10.5 Å². The first-order chi connectivity index (χ1) is 9.54. The van der Waals surface area contributed by atoms with Gasteiger partial charge in [-0.05, 0) is 36.8 Å². The minimum Gasteiger partial charge on any atom is -0.506 e. The number of nitrogens with zero attached hydrogens (tertiary/aromatic N) is 1. The number of phenolic OH excluding ortho intramolecular Hbond substituents is 1. The molecule has 0 aliphatic rings. The summed E-state index contributed by atoms with van der Waals surface area (Å²) in [7, 11) is 1.52. The van der Waals surface area contributed by atoms with Crippen molar-refractivity contribution in [2.24, 2.45) is 5.73 Å². The summed E-state index contributed by atoms with van der Waals surface area (Å²) in [4.78, 5) is 13.0. The van der Waals surface area contributed by atoms with Crippen LogP contribution in [0.25, 0.3) is 0 Å². The summed E-state index contributed by atoms with van der Waals surface area (Å²) < 4.78 is 5.29. The third kappa shape index (κ3) is 2.51. The number of amides is 2. The van der Waals surface area contributed by atoms with Crippen LogP contribution in [0.3, 0.4) is 0 Å². The highest BCUT2D eigenvalue weighted by atomic mass is 16.5. The second-order valence-corrected chi connectivity index (χ2v) is 4.34. The Labute approximate surface area is 117 Å². The number of anilines is 2. The summed E-state index contributed by atoms with van der Waals surface area (Å²) in [6.07, 6.45) is 0. The number of urea groups is 1. The number of aryl methyl sites for hydroxylation is 1. The maximum atomic E-state index is 11.8. The number of hydrogen-bond donors (Lipinski definition) is 2. The van der Waals surface area contributed by atoms with Gasteiger partial charge in [0.25, 0.3) is 0 Å². The normalized spacial score (nSPS) is 10.1. The van der Waals surface area contributed by atoms with E-state index in [1.165, 1.54) is 18.1 Å². The number of ether oxygens (including phenoxy) is 1. The van der Waals surface area contributed by atoms with E-state index in [-0.39, 0.29) is 5.75 Å². The molecule has 5 nitrogen and oxygen atoms in total. The molecule has 0 aliphatic heterocycles. The molecular formula is C15H16N2O3. The number of nitrogens with two attached hydrogens (primary N) is 1. The van der Waals surface area contributed by atoms with Gasteiger partial charge in [0.15, 0.2) is 0 Å². The van der Waals surface area contributed by atoms with Crippen molar-refractivity contribution < 1.29 is 14.6 Å². The van der Waals surface area contributed by atoms with Gasteiger partial charge in [0.1, 0.15) is 11.5 Å². The smallest absolute Gasteiger partial charge is 0.324 e. The van der Waals surface area contributed by atoms with E-state index in [9.17, 15) is 9.90 Å². The lowest BCUT2D eigenvalue weighted by Crippen LogP contribution is -2.31. The van der Waals surface area contributed by atoms with E-state index in [1.807, 2.05) is 13.0 Å². The number of phenols is 1. The molecule has 0 aliphatic carbocycles. The van der Waals surface area contributed by atoms with E-state index in [0.29, 0.717) is 17.1 Å². The van der Waals surface area contributed by atoms with Gasteiger partial charge in [0.05, 0.1) is 18.5 Å². The third-order valence-corrected chi connectivity index (χ3v) is 2.92. The monoisotopic (exact) mass is 272 g/mol. The highest BCUT2D eigenvalue weighted by Crippen LogP contribution is 2.38. The highest BCUT2D eigenvalue weighted by Gasteiger charge is 2.21. The number of methoxy groups -OCH3 is 1. The zero-order valence-corrected chi connectivity index (χ0v) is 11.3. The van der Waals surface area contributed by atoms with Crippen LogP contribution in [-0.4, -0.2) is 18.2 Å². The van der Waals surface area contributed by atoms with E-state index in [1.54, 1.807) is 30.3 Å². The van der Waals surface area contributed by atoms with E-state index < -0.39 is 6.03 Å². The average Bonchev–Trinajstić information content (AvgIpc) is 2.42. The summed E-state index contributed by atoms with van der Waals surface area (Å²) in [6, 6.07) is 11.2. The fourth-order valence-corrected chi connectivity index (χ4v) is 1.99. The van der Waals surface area contributed by atoms with Gasteiger partial charge in [-0.15, -0.1) is 0 Å². The van der Waals surface area contributed by atoms with Crippen LogP contribution in [0.4, 0.5) is 16.2 Å². The molecule has 0 heterocycles. The quantitative estimate of drug-likeness (QED) is 0.902. The molecular weight excluding hydrogens is 256 g/mol. The Morgan fingerprint density at radius 2 is 1.90 bits per heavy atom. The summed E-state index contributed by atoms with van der Waals surface area (Å²) in [5, 5.41) is 9.92. The maximum absolute atomic E-state index is 11.8. The molecule has 0 fully saturated rings. The Bertz CT molecular complexity index is 641. The zero-order valence-electron chi connectivity index (χ0n) is 11.3. The molecule has 2 rings (SSSR count). The molecule has 104 valence electrons. The van der Waals surface area contributed by atoms with Crippen molar-refractivity contribution >= 4 is 17.4 Å². The molecule has 3 N–H and O–H groups in total. The Hall–Kier alpha value is -2.69. The van der Waals surface area contributed by atoms with Gasteiger partial charge in [0, 0.05) is 0 Å². The molecule has 2 aromatic carbocycles. The first-order valence-corrected chi connectivity index (χ1v) is 6.06. The summed E-state index contributed by atoms with van der Waals surface area (Å²) >= 11 is 0. The van der Waals surface area contributed by atoms with Crippen LogP contribution in [0.2, 0.25) is 0 Å². The lowest BCUT2D eigenvalue weighted by Gasteiger charge is -2.23. The van der Waals surface area contributed by atoms with Gasteiger partial charge < -0.3 is 15.6 Å². The Morgan fingerprint density at radius 3 is 2.50 bits per heavy atom. The predicted octanol–water partition coefficient (Wildman–Crippen LogP) is 2.93. The van der Waals surface area contributed by atoms with Crippen molar-refractivity contribution in [1.29, 1.82) is 0 Å². The molecule has 0 atom stereocenters. The summed E-state index contributed by atoms with van der Waals surface area (Å²) in [6.45, 7) is 1.92. The average molecular weight is 272 g/mol. The van der Waals surface area contributed by atoms with Crippen molar-refractivity contribution in [1.82, 2.24) is 0 Å². The van der Waals surface area contributed by atoms with Gasteiger partial charge >= 0.3 is 6.03 Å². The van der Waals surface area contributed by atoms with Gasteiger partial charge in [-0.3, -0.25) is 4.90 Å². The lowest BCUT2D eigenvalue weighted by molar-refractivity contribution is 0.255. The van der Waals surface area contributed by atoms with Crippen molar-refractivity contribution in [2.45, 2.75) is 6.92 Å². The SMILES string of the molecule is COc1cc(C)ccc1N(C(N)=O)c1ccccc1O. The second kappa shape index (κ2) is 5.52. The van der Waals surface area contributed by atoms with Crippen LogP contribution < -0.4 is 15.4 Å². The van der Waals surface area contributed by atoms with Gasteiger partial charge in [0.2, 0.25) is 0 Å². The minimum absolute atomic E-state index is 0.0334. The van der Waals surface area contributed by atoms with Crippen LogP contribution >= 0.6 is 0 Å². The molecule has 0 bridgehead atoms. The van der Waals surface area contributed by atoms with Crippen LogP contribution in [-0.2, 0) is 0 Å². The topological polar surface area (TPSA) is 75.8 Å². The Kier molecular flexibility index (Phi) is 3.79.